The molecule has 4 atom stereocenters. The van der Waals surface area contributed by atoms with Gasteiger partial charge in [-0.1, -0.05) is 13.3 Å². The molecule has 2 aromatic carbocycles. The molecule has 2 N–H and O–H groups in total. The average molecular weight is 864 g/mol. The van der Waals surface area contributed by atoms with Crippen molar-refractivity contribution in [1.29, 1.82) is 0 Å². The highest BCUT2D eigenvalue weighted by atomic mass is 35.7. The third-order valence-corrected chi connectivity index (χ3v) is 10.6. The summed E-state index contributed by atoms with van der Waals surface area (Å²) in [5.74, 6) is 5.02. The monoisotopic (exact) mass is 861 g/mol. The molecule has 0 saturated carbocycles. The molecule has 312 valence electrons. The first kappa shape index (κ1) is 47.2. The lowest BCUT2D eigenvalue weighted by Gasteiger charge is -2.49. The SMILES string of the molecule is CC[C@H]1CN2CCc3cc(OC)c(OC)cc3[C@H]2C[C@H]1C[C@H]1c2cc(OC)c(OC)cc2CCN1C(=O)CN(CCCl)CCCl.[O-][Cl+3]([O-])([O-])O.[O-][Cl+3]([O-])([O-])O. The molecule has 0 bridgehead atoms. The van der Waals surface area contributed by atoms with Crippen LogP contribution in [0.15, 0.2) is 24.3 Å². The second kappa shape index (κ2) is 21.6. The molecule has 55 heavy (non-hydrogen) atoms. The van der Waals surface area contributed by atoms with Crippen LogP contribution >= 0.6 is 23.2 Å². The van der Waals surface area contributed by atoms with Gasteiger partial charge >= 0.3 is 0 Å². The number of hydrogen-bond donors (Lipinski definition) is 2. The molecule has 0 aromatic heterocycles. The molecule has 1 fully saturated rings. The van der Waals surface area contributed by atoms with E-state index >= 15 is 0 Å². The summed E-state index contributed by atoms with van der Waals surface area (Å²) in [6.07, 6.45) is 4.81. The molecule has 2 aromatic rings. The van der Waals surface area contributed by atoms with Crippen molar-refractivity contribution in [3.05, 3.63) is 46.5 Å². The Morgan fingerprint density at radius 2 is 1.24 bits per heavy atom. The van der Waals surface area contributed by atoms with Gasteiger partial charge < -0.3 is 23.8 Å². The number of halogens is 4. The van der Waals surface area contributed by atoms with E-state index in [9.17, 15) is 4.79 Å². The number of hydrogen-bond acceptors (Lipinski definition) is 15. The molecule has 3 aliphatic rings. The third-order valence-electron chi connectivity index (χ3n) is 10.3. The first-order valence-corrected chi connectivity index (χ1v) is 21.1. The zero-order valence-corrected chi connectivity index (χ0v) is 34.6. The summed E-state index contributed by atoms with van der Waals surface area (Å²) in [4.78, 5) is 20.9. The summed E-state index contributed by atoms with van der Waals surface area (Å²) in [6, 6.07) is 8.82. The molecule has 20 heteroatoms. The van der Waals surface area contributed by atoms with Crippen molar-refractivity contribution in [2.75, 3.05) is 79.5 Å². The topological polar surface area (TPSA) is 243 Å². The smallest absolute Gasteiger partial charge is 0.237 e. The lowest BCUT2D eigenvalue weighted by atomic mass is 9.72. The van der Waals surface area contributed by atoms with Crippen molar-refractivity contribution in [3.8, 4) is 23.0 Å². The molecular formula is C35H51Cl4N3O13. The minimum Gasteiger partial charge on any atom is -0.493 e. The lowest BCUT2D eigenvalue weighted by Crippen LogP contribution is -2.58. The van der Waals surface area contributed by atoms with Crippen LogP contribution in [0.1, 0.15) is 60.5 Å². The van der Waals surface area contributed by atoms with E-state index in [1.165, 1.54) is 22.3 Å². The molecule has 0 radical (unpaired) electrons. The van der Waals surface area contributed by atoms with Gasteiger partial charge in [0.25, 0.3) is 0 Å². The highest BCUT2D eigenvalue weighted by Gasteiger charge is 2.42. The van der Waals surface area contributed by atoms with Gasteiger partial charge in [0, 0.05) is 50.5 Å². The summed E-state index contributed by atoms with van der Waals surface area (Å²) in [5.41, 5.74) is 5.09. The van der Waals surface area contributed by atoms with Crippen LogP contribution in [0.2, 0.25) is 0 Å². The first-order valence-electron chi connectivity index (χ1n) is 17.5. The molecule has 0 aliphatic carbocycles. The Bertz CT molecular complexity index is 1500. The minimum atomic E-state index is -4.69. The molecule has 0 spiro atoms. The van der Waals surface area contributed by atoms with Gasteiger partial charge in [-0.25, -0.2) is 0 Å². The number of fused-ring (bicyclic) bond motifs is 4. The van der Waals surface area contributed by atoms with Crippen molar-refractivity contribution in [2.45, 2.75) is 51.1 Å². The Labute approximate surface area is 336 Å². The second-order valence-corrected chi connectivity index (χ2v) is 15.6. The predicted octanol–water partition coefficient (Wildman–Crippen LogP) is -2.29. The summed E-state index contributed by atoms with van der Waals surface area (Å²) in [7, 11) is -2.63. The van der Waals surface area contributed by atoms with Crippen LogP contribution in [-0.4, -0.2) is 109 Å². The number of methoxy groups -OCH3 is 4. The van der Waals surface area contributed by atoms with E-state index in [4.69, 9.17) is 79.4 Å². The summed E-state index contributed by atoms with van der Waals surface area (Å²) in [5, 5.41) is 0. The summed E-state index contributed by atoms with van der Waals surface area (Å²) >= 11 is 12.2. The number of piperidine rings is 1. The number of alkyl halides is 2. The fourth-order valence-electron chi connectivity index (χ4n) is 7.91. The van der Waals surface area contributed by atoms with Gasteiger partial charge in [-0.05, 0) is 84.0 Å². The van der Waals surface area contributed by atoms with Crippen molar-refractivity contribution in [3.63, 3.8) is 0 Å². The molecule has 16 nitrogen and oxygen atoms in total. The van der Waals surface area contributed by atoms with E-state index < -0.39 is 20.5 Å². The average Bonchev–Trinajstić information content (AvgIpc) is 3.12. The number of nitrogens with zero attached hydrogens (tertiary/aromatic N) is 3. The maximum absolute atomic E-state index is 14.1. The number of rotatable bonds is 13. The number of benzene rings is 2. The van der Waals surface area contributed by atoms with Crippen molar-refractivity contribution >= 4 is 29.1 Å². The van der Waals surface area contributed by atoms with E-state index in [1.54, 1.807) is 28.4 Å². The number of carbonyl (C=O) groups is 1. The number of amides is 1. The summed E-state index contributed by atoms with van der Waals surface area (Å²) in [6.45, 7) is 6.65. The molecule has 1 saturated heterocycles. The normalized spacial score (nSPS) is 20.8. The van der Waals surface area contributed by atoms with Crippen LogP contribution in [0.5, 0.6) is 23.0 Å². The Morgan fingerprint density at radius 1 is 0.782 bits per heavy atom. The zero-order chi connectivity index (χ0) is 41.1. The second-order valence-electron chi connectivity index (χ2n) is 13.3. The van der Waals surface area contributed by atoms with E-state index in [0.717, 1.165) is 62.4 Å². The van der Waals surface area contributed by atoms with Crippen LogP contribution in [0.3, 0.4) is 0 Å². The number of carbonyl (C=O) groups excluding carboxylic acids is 1. The van der Waals surface area contributed by atoms with Crippen molar-refractivity contribution in [2.24, 2.45) is 11.8 Å². The van der Waals surface area contributed by atoms with Crippen LogP contribution in [0, 0.1) is 32.3 Å². The van der Waals surface area contributed by atoms with Crippen LogP contribution in [-0.2, 0) is 17.6 Å². The standard InChI is InChI=1S/C35H49Cl2N3O5.2ClHO4/c1-6-23-21-39-11-7-24-17-31(42-2)33(44-4)19-27(24)29(39)15-26(23)16-30-28-20-34(45-5)32(43-3)18-25(28)8-12-40(30)35(41)22-38(13-9-36)14-10-37;2*2-1(3,4)5/h17-20,23,26,29-30H,6-16,21-22H2,1-5H3;2*(H,2,3,4,5)/t23-,26-,29+,30-;;/m0../s1. The van der Waals surface area contributed by atoms with Gasteiger partial charge in [0.2, 0.25) is 5.91 Å². The van der Waals surface area contributed by atoms with E-state index in [0.29, 0.717) is 61.6 Å². The molecule has 1 amide bonds. The van der Waals surface area contributed by atoms with E-state index in [1.807, 2.05) is 0 Å². The molecule has 3 aliphatic heterocycles. The lowest BCUT2D eigenvalue weighted by molar-refractivity contribution is -1.92. The van der Waals surface area contributed by atoms with Gasteiger partial charge in [0.1, 0.15) is 0 Å². The van der Waals surface area contributed by atoms with Crippen molar-refractivity contribution in [1.82, 2.24) is 14.7 Å². The maximum atomic E-state index is 14.1. The maximum Gasteiger partial charge on any atom is 0.237 e. The molecule has 0 unspecified atom stereocenters. The molecular weight excluding hydrogens is 812 g/mol. The Balaban J connectivity index is 0.000000721. The van der Waals surface area contributed by atoms with Crippen molar-refractivity contribution < 1.29 is 81.5 Å². The Hall–Kier alpha value is -2.13. The predicted molar refractivity (Wildman–Crippen MR) is 184 cm³/mol. The molecule has 3 heterocycles. The Morgan fingerprint density at radius 3 is 1.71 bits per heavy atom. The van der Waals surface area contributed by atoms with Gasteiger partial charge in [-0.2, -0.15) is 28.0 Å². The van der Waals surface area contributed by atoms with Gasteiger partial charge in [0.05, 0.1) is 70.8 Å². The van der Waals surface area contributed by atoms with Crippen LogP contribution < -0.4 is 46.9 Å². The van der Waals surface area contributed by atoms with Crippen LogP contribution in [0.4, 0.5) is 0 Å². The first-order chi connectivity index (χ1) is 25.9. The largest absolute Gasteiger partial charge is 0.493 e. The van der Waals surface area contributed by atoms with E-state index in [-0.39, 0.29) is 11.9 Å². The fourth-order valence-corrected chi connectivity index (χ4v) is 8.39. The molecule has 5 rings (SSSR count). The van der Waals surface area contributed by atoms with Gasteiger partial charge in [-0.3, -0.25) is 14.6 Å². The summed E-state index contributed by atoms with van der Waals surface area (Å²) < 4.78 is 88.2. The highest BCUT2D eigenvalue weighted by Crippen LogP contribution is 2.49. The van der Waals surface area contributed by atoms with Gasteiger partial charge in [-0.15, -0.1) is 23.2 Å². The van der Waals surface area contributed by atoms with Gasteiger partial charge in [0.15, 0.2) is 23.0 Å². The highest BCUT2D eigenvalue weighted by molar-refractivity contribution is 6.18. The number of ether oxygens (including phenoxy) is 4. The zero-order valence-electron chi connectivity index (χ0n) is 31.5. The Kier molecular flexibility index (Phi) is 18.5. The fraction of sp³-hybridized carbons (Fsp3) is 0.629. The van der Waals surface area contributed by atoms with Crippen LogP contribution in [0.25, 0.3) is 0 Å². The minimum absolute atomic E-state index is 0.0611. The van der Waals surface area contributed by atoms with E-state index in [2.05, 4.69) is 45.9 Å². The quantitative estimate of drug-likeness (QED) is 0.202. The third kappa shape index (κ3) is 14.0.